The van der Waals surface area contributed by atoms with E-state index in [2.05, 4.69) is 30.5 Å². The molecule has 2 aromatic rings. The Labute approximate surface area is 232 Å². The first kappa shape index (κ1) is 26.6. The number of nitrogens with one attached hydrogen (secondary N) is 1. The fraction of sp³-hybridized carbons (Fsp3) is 0.786. The Kier molecular flexibility index (Phi) is 6.80. The number of halogens is 2. The van der Waals surface area contributed by atoms with E-state index in [1.165, 1.54) is 0 Å². The van der Waals surface area contributed by atoms with Gasteiger partial charge in [0.1, 0.15) is 17.2 Å². The number of nitrogens with zero attached hydrogens (tertiary/aromatic N) is 6. The predicted molar refractivity (Wildman–Crippen MR) is 142 cm³/mol. The molecule has 2 N–H and O–H groups in total. The number of anilines is 1. The Morgan fingerprint density at radius 2 is 1.77 bits per heavy atom. The van der Waals surface area contributed by atoms with Crippen molar-refractivity contribution in [1.29, 1.82) is 0 Å². The summed E-state index contributed by atoms with van der Waals surface area (Å²) >= 11 is 0. The van der Waals surface area contributed by atoms with Crippen molar-refractivity contribution >= 4 is 5.82 Å². The SMILES string of the molecule is OC1(c2nc(C3CC3)n(-c3ccc(NC4CCC(CN5CCC6(CC5)COCCO6)(C(F)F)CC4)nn3)n2)CC1. The lowest BCUT2D eigenvalue weighted by molar-refractivity contribution is -0.180. The molecule has 40 heavy (non-hydrogen) atoms. The zero-order valence-electron chi connectivity index (χ0n) is 22.9. The highest BCUT2D eigenvalue weighted by Gasteiger charge is 2.48. The van der Waals surface area contributed by atoms with Gasteiger partial charge in [0.05, 0.1) is 25.4 Å². The lowest BCUT2D eigenvalue weighted by atomic mass is 9.72. The van der Waals surface area contributed by atoms with Crippen LogP contribution in [-0.2, 0) is 15.1 Å². The molecule has 0 radical (unpaired) electrons. The average molecular weight is 560 g/mol. The summed E-state index contributed by atoms with van der Waals surface area (Å²) in [6.45, 7) is 3.85. The van der Waals surface area contributed by atoms with Crippen molar-refractivity contribution in [2.24, 2.45) is 5.41 Å². The van der Waals surface area contributed by atoms with Crippen molar-refractivity contribution in [1.82, 2.24) is 29.9 Å². The molecular weight excluding hydrogens is 520 g/mol. The first-order valence-corrected chi connectivity index (χ1v) is 14.9. The lowest BCUT2D eigenvalue weighted by Crippen LogP contribution is -2.54. The van der Waals surface area contributed by atoms with Gasteiger partial charge in [-0.15, -0.1) is 15.3 Å². The Bertz CT molecular complexity index is 1180. The van der Waals surface area contributed by atoms with E-state index in [4.69, 9.17) is 9.47 Å². The number of aliphatic hydroxyl groups is 1. The van der Waals surface area contributed by atoms with Crippen molar-refractivity contribution in [3.8, 4) is 5.82 Å². The van der Waals surface area contributed by atoms with Gasteiger partial charge >= 0.3 is 0 Å². The van der Waals surface area contributed by atoms with Crippen molar-refractivity contribution in [3.63, 3.8) is 0 Å². The summed E-state index contributed by atoms with van der Waals surface area (Å²) in [7, 11) is 0. The molecule has 218 valence electrons. The molecule has 2 aliphatic heterocycles. The van der Waals surface area contributed by atoms with E-state index >= 15 is 0 Å². The maximum Gasteiger partial charge on any atom is 0.245 e. The van der Waals surface area contributed by atoms with E-state index in [9.17, 15) is 13.9 Å². The van der Waals surface area contributed by atoms with Gasteiger partial charge in [-0.25, -0.2) is 13.8 Å². The molecular formula is C28H39F2N7O3. The molecule has 7 rings (SSSR count). The fourth-order valence-corrected chi connectivity index (χ4v) is 6.61. The predicted octanol–water partition coefficient (Wildman–Crippen LogP) is 3.40. The molecule has 3 saturated carbocycles. The quantitative estimate of drug-likeness (QED) is 0.503. The first-order chi connectivity index (χ1) is 19.4. The number of piperidine rings is 1. The van der Waals surface area contributed by atoms with Crippen LogP contribution in [0.3, 0.4) is 0 Å². The number of likely N-dealkylation sites (tertiary alicyclic amines) is 1. The molecule has 0 amide bonds. The summed E-state index contributed by atoms with van der Waals surface area (Å²) < 4.78 is 42.3. The topological polar surface area (TPSA) is 110 Å². The molecule has 5 aliphatic rings. The van der Waals surface area contributed by atoms with Gasteiger partial charge in [-0.3, -0.25) is 0 Å². The van der Waals surface area contributed by atoms with Crippen LogP contribution in [0.2, 0.25) is 0 Å². The van der Waals surface area contributed by atoms with Crippen molar-refractivity contribution in [2.45, 2.75) is 93.8 Å². The Morgan fingerprint density at radius 3 is 2.38 bits per heavy atom. The minimum atomic E-state index is -2.35. The van der Waals surface area contributed by atoms with Gasteiger partial charge < -0.3 is 24.8 Å². The fourth-order valence-electron chi connectivity index (χ4n) is 6.61. The van der Waals surface area contributed by atoms with Crippen molar-refractivity contribution in [3.05, 3.63) is 23.8 Å². The molecule has 5 fully saturated rings. The Hall–Kier alpha value is -2.28. The first-order valence-electron chi connectivity index (χ1n) is 14.9. The highest BCUT2D eigenvalue weighted by Crippen LogP contribution is 2.47. The van der Waals surface area contributed by atoms with E-state index < -0.39 is 17.4 Å². The highest BCUT2D eigenvalue weighted by molar-refractivity contribution is 5.38. The molecule has 0 atom stereocenters. The smallest absolute Gasteiger partial charge is 0.245 e. The molecule has 4 heterocycles. The molecule has 0 unspecified atom stereocenters. The van der Waals surface area contributed by atoms with Gasteiger partial charge in [0.25, 0.3) is 0 Å². The number of alkyl halides is 2. The van der Waals surface area contributed by atoms with E-state index in [-0.39, 0.29) is 11.6 Å². The number of aromatic nitrogens is 5. The van der Waals surface area contributed by atoms with E-state index in [1.807, 2.05) is 12.1 Å². The third-order valence-electron chi connectivity index (χ3n) is 9.69. The van der Waals surface area contributed by atoms with Crippen LogP contribution in [0.25, 0.3) is 5.82 Å². The molecule has 1 spiro atoms. The molecule has 2 aromatic heterocycles. The second-order valence-corrected chi connectivity index (χ2v) is 12.7. The second-order valence-electron chi connectivity index (χ2n) is 12.7. The van der Waals surface area contributed by atoms with Crippen molar-refractivity contribution in [2.75, 3.05) is 44.8 Å². The summed E-state index contributed by atoms with van der Waals surface area (Å²) in [5.74, 6) is 2.86. The molecule has 3 aliphatic carbocycles. The van der Waals surface area contributed by atoms with Gasteiger partial charge in [-0.05, 0) is 76.3 Å². The molecule has 12 heteroatoms. The third kappa shape index (κ3) is 5.23. The molecule has 2 saturated heterocycles. The zero-order chi connectivity index (χ0) is 27.4. The van der Waals surface area contributed by atoms with E-state index in [0.29, 0.717) is 88.3 Å². The van der Waals surface area contributed by atoms with Crippen LogP contribution in [0.15, 0.2) is 12.1 Å². The van der Waals surface area contributed by atoms with Crippen LogP contribution >= 0.6 is 0 Å². The average Bonchev–Trinajstić information content (AvgIpc) is 3.91. The summed E-state index contributed by atoms with van der Waals surface area (Å²) in [4.78, 5) is 6.84. The normalized spacial score (nSPS) is 30.1. The molecule has 10 nitrogen and oxygen atoms in total. The maximum absolute atomic E-state index is 14.5. The van der Waals surface area contributed by atoms with Crippen LogP contribution in [0.1, 0.15) is 81.8 Å². The zero-order valence-corrected chi connectivity index (χ0v) is 22.9. The Balaban J connectivity index is 0.953. The summed E-state index contributed by atoms with van der Waals surface area (Å²) in [6.07, 6.45) is 5.11. The standard InChI is InChI=1S/C28H39F2N7O3/c29-24(30)26(17-36-13-11-27(12-14-36)18-39-15-16-40-27)7-5-20(6-8-26)31-21-3-4-22(34-33-21)37-23(19-1-2-19)32-25(35-37)28(38)9-10-28/h3-4,19-20,24,38H,1-2,5-18H2,(H,31,33). The summed E-state index contributed by atoms with van der Waals surface area (Å²) in [6, 6.07) is 3.79. The summed E-state index contributed by atoms with van der Waals surface area (Å²) in [5.41, 5.74) is -2.09. The second kappa shape index (κ2) is 10.2. The molecule has 0 aromatic carbocycles. The highest BCUT2D eigenvalue weighted by atomic mass is 19.3. The van der Waals surface area contributed by atoms with E-state index in [1.54, 1.807) is 4.68 Å². The minimum absolute atomic E-state index is 0.0774. The van der Waals surface area contributed by atoms with Crippen LogP contribution in [0.4, 0.5) is 14.6 Å². The van der Waals surface area contributed by atoms with Crippen molar-refractivity contribution < 1.29 is 23.4 Å². The number of hydrogen-bond donors (Lipinski definition) is 2. The third-order valence-corrected chi connectivity index (χ3v) is 9.69. The van der Waals surface area contributed by atoms with Gasteiger partial charge in [0.2, 0.25) is 6.43 Å². The van der Waals surface area contributed by atoms with Crippen LogP contribution in [0.5, 0.6) is 0 Å². The van der Waals surface area contributed by atoms with Crippen LogP contribution in [0, 0.1) is 5.41 Å². The van der Waals surface area contributed by atoms with Gasteiger partial charge in [0, 0.05) is 37.0 Å². The van der Waals surface area contributed by atoms with Gasteiger partial charge in [-0.2, -0.15) is 4.68 Å². The van der Waals surface area contributed by atoms with Crippen LogP contribution < -0.4 is 5.32 Å². The van der Waals surface area contributed by atoms with Gasteiger partial charge in [0.15, 0.2) is 11.6 Å². The lowest BCUT2D eigenvalue weighted by Gasteiger charge is -2.47. The largest absolute Gasteiger partial charge is 0.382 e. The van der Waals surface area contributed by atoms with Crippen LogP contribution in [-0.4, -0.2) is 92.5 Å². The minimum Gasteiger partial charge on any atom is -0.382 e. The number of ether oxygens (including phenoxy) is 2. The Morgan fingerprint density at radius 1 is 1.00 bits per heavy atom. The van der Waals surface area contributed by atoms with Gasteiger partial charge in [-0.1, -0.05) is 0 Å². The monoisotopic (exact) mass is 559 g/mol. The van der Waals surface area contributed by atoms with E-state index in [0.717, 1.165) is 44.6 Å². The summed E-state index contributed by atoms with van der Waals surface area (Å²) in [5, 5.41) is 27.2. The maximum atomic E-state index is 14.5. The number of rotatable bonds is 8. The molecule has 0 bridgehead atoms. The number of hydrogen-bond acceptors (Lipinski definition) is 9.